The van der Waals surface area contributed by atoms with Crippen molar-refractivity contribution in [1.29, 1.82) is 0 Å². The van der Waals surface area contributed by atoms with Gasteiger partial charge in [0.2, 0.25) is 5.88 Å². The lowest BCUT2D eigenvalue weighted by Gasteiger charge is -2.06. The molecule has 1 aromatic carbocycles. The summed E-state index contributed by atoms with van der Waals surface area (Å²) in [6.07, 6.45) is 2.02. The Kier molecular flexibility index (Phi) is 3.86. The lowest BCUT2D eigenvalue weighted by molar-refractivity contribution is -0.384. The van der Waals surface area contributed by atoms with E-state index in [9.17, 15) is 14.9 Å². The number of carbonyl (C=O) groups excluding carboxylic acids is 1. The van der Waals surface area contributed by atoms with Gasteiger partial charge < -0.3 is 4.74 Å². The smallest absolute Gasteiger partial charge is 0.273 e. The first-order valence-corrected chi connectivity index (χ1v) is 5.92. The maximum atomic E-state index is 10.7. The summed E-state index contributed by atoms with van der Waals surface area (Å²) >= 11 is 3.23. The SMILES string of the molecule is O=Cc1ccc(Oc2cc([N+](=O)[O-])ccc2Br)nc1. The van der Waals surface area contributed by atoms with Crippen molar-refractivity contribution in [2.24, 2.45) is 0 Å². The first kappa shape index (κ1) is 13.2. The zero-order valence-electron chi connectivity index (χ0n) is 9.45. The summed E-state index contributed by atoms with van der Waals surface area (Å²) in [4.78, 5) is 24.6. The van der Waals surface area contributed by atoms with E-state index >= 15 is 0 Å². The van der Waals surface area contributed by atoms with Gasteiger partial charge in [0.15, 0.2) is 12.0 Å². The van der Waals surface area contributed by atoms with Crippen LogP contribution in [0.5, 0.6) is 11.6 Å². The molecule has 0 aliphatic rings. The van der Waals surface area contributed by atoms with Gasteiger partial charge in [-0.15, -0.1) is 0 Å². The van der Waals surface area contributed by atoms with Crippen LogP contribution in [0.2, 0.25) is 0 Å². The van der Waals surface area contributed by atoms with Crippen LogP contribution in [0.4, 0.5) is 5.69 Å². The maximum absolute atomic E-state index is 10.7. The third-order valence-corrected chi connectivity index (χ3v) is 2.89. The molecule has 0 saturated heterocycles. The number of aromatic nitrogens is 1. The normalized spacial score (nSPS) is 9.95. The molecule has 2 rings (SSSR count). The van der Waals surface area contributed by atoms with Gasteiger partial charge in [0.25, 0.3) is 5.69 Å². The predicted molar refractivity (Wildman–Crippen MR) is 70.5 cm³/mol. The van der Waals surface area contributed by atoms with Gasteiger partial charge in [0.05, 0.1) is 15.5 Å². The van der Waals surface area contributed by atoms with Gasteiger partial charge in [-0.25, -0.2) is 4.98 Å². The number of halogens is 1. The first-order chi connectivity index (χ1) is 9.10. The highest BCUT2D eigenvalue weighted by atomic mass is 79.9. The molecular weight excluding hydrogens is 316 g/mol. The van der Waals surface area contributed by atoms with Crippen LogP contribution in [0, 0.1) is 10.1 Å². The van der Waals surface area contributed by atoms with E-state index in [0.717, 1.165) is 0 Å². The summed E-state index contributed by atoms with van der Waals surface area (Å²) < 4.78 is 5.99. The lowest BCUT2D eigenvalue weighted by Crippen LogP contribution is -1.92. The Morgan fingerprint density at radius 2 is 2.11 bits per heavy atom. The summed E-state index contributed by atoms with van der Waals surface area (Å²) in [6.45, 7) is 0. The molecule has 0 unspecified atom stereocenters. The number of pyridine rings is 1. The van der Waals surface area contributed by atoms with Crippen LogP contribution in [0.25, 0.3) is 0 Å². The number of ether oxygens (including phenoxy) is 1. The van der Waals surface area contributed by atoms with E-state index in [-0.39, 0.29) is 17.3 Å². The third kappa shape index (κ3) is 3.14. The standard InChI is InChI=1S/C12H7BrN2O4/c13-10-3-2-9(15(17)18)5-11(10)19-12-4-1-8(7-16)6-14-12/h1-7H. The average molecular weight is 323 g/mol. The Bertz CT molecular complexity index is 628. The molecule has 0 N–H and O–H groups in total. The van der Waals surface area contributed by atoms with Gasteiger partial charge in [-0.3, -0.25) is 14.9 Å². The largest absolute Gasteiger partial charge is 0.438 e. The molecule has 7 heteroatoms. The summed E-state index contributed by atoms with van der Waals surface area (Å²) in [7, 11) is 0. The van der Waals surface area contributed by atoms with Crippen molar-refractivity contribution in [3.05, 3.63) is 56.7 Å². The van der Waals surface area contributed by atoms with Crippen LogP contribution in [-0.2, 0) is 0 Å². The molecule has 0 bridgehead atoms. The molecule has 96 valence electrons. The Balaban J connectivity index is 2.28. The van der Waals surface area contributed by atoms with E-state index < -0.39 is 4.92 Å². The lowest BCUT2D eigenvalue weighted by atomic mass is 10.3. The Morgan fingerprint density at radius 1 is 1.32 bits per heavy atom. The second kappa shape index (κ2) is 5.57. The molecule has 1 aromatic heterocycles. The fraction of sp³-hybridized carbons (Fsp3) is 0. The van der Waals surface area contributed by atoms with Crippen molar-refractivity contribution in [1.82, 2.24) is 4.98 Å². The van der Waals surface area contributed by atoms with Gasteiger partial charge >= 0.3 is 0 Å². The number of nitro groups is 1. The van der Waals surface area contributed by atoms with Crippen LogP contribution in [0.15, 0.2) is 41.0 Å². The number of hydrogen-bond donors (Lipinski definition) is 0. The maximum Gasteiger partial charge on any atom is 0.273 e. The van der Waals surface area contributed by atoms with Crippen LogP contribution in [0.1, 0.15) is 10.4 Å². The van der Waals surface area contributed by atoms with E-state index in [1.165, 1.54) is 30.5 Å². The van der Waals surface area contributed by atoms with Gasteiger partial charge in [0.1, 0.15) is 0 Å². The highest BCUT2D eigenvalue weighted by molar-refractivity contribution is 9.10. The van der Waals surface area contributed by atoms with E-state index in [1.54, 1.807) is 6.07 Å². The molecule has 2 aromatic rings. The number of non-ortho nitro benzene ring substituents is 1. The van der Waals surface area contributed by atoms with Crippen LogP contribution < -0.4 is 4.74 Å². The number of rotatable bonds is 4. The van der Waals surface area contributed by atoms with Gasteiger partial charge in [-0.05, 0) is 28.1 Å². The molecule has 1 heterocycles. The zero-order valence-corrected chi connectivity index (χ0v) is 11.0. The van der Waals surface area contributed by atoms with Crippen molar-refractivity contribution in [2.75, 3.05) is 0 Å². The number of benzene rings is 1. The van der Waals surface area contributed by atoms with E-state index in [4.69, 9.17) is 4.74 Å². The summed E-state index contributed by atoms with van der Waals surface area (Å²) in [5.41, 5.74) is 0.341. The third-order valence-electron chi connectivity index (χ3n) is 2.24. The zero-order chi connectivity index (χ0) is 13.8. The quantitative estimate of drug-likeness (QED) is 0.489. The minimum atomic E-state index is -0.512. The number of nitrogens with zero attached hydrogens (tertiary/aromatic N) is 2. The van der Waals surface area contributed by atoms with Gasteiger partial charge in [-0.2, -0.15) is 0 Å². The molecule has 0 aliphatic heterocycles. The second-order valence-electron chi connectivity index (χ2n) is 3.52. The number of aldehydes is 1. The minimum Gasteiger partial charge on any atom is -0.438 e. The monoisotopic (exact) mass is 322 g/mol. The molecule has 0 amide bonds. The highest BCUT2D eigenvalue weighted by Gasteiger charge is 2.11. The number of carbonyl (C=O) groups is 1. The Morgan fingerprint density at radius 3 is 2.68 bits per heavy atom. The van der Waals surface area contributed by atoms with Crippen LogP contribution in [0.3, 0.4) is 0 Å². The molecule has 0 spiro atoms. The predicted octanol–water partition coefficient (Wildman–Crippen LogP) is 3.36. The summed E-state index contributed by atoms with van der Waals surface area (Å²) in [5.74, 6) is 0.521. The highest BCUT2D eigenvalue weighted by Crippen LogP contribution is 2.32. The van der Waals surface area contributed by atoms with Gasteiger partial charge in [-0.1, -0.05) is 0 Å². The molecule has 0 radical (unpaired) electrons. The topological polar surface area (TPSA) is 82.3 Å². The molecule has 0 atom stereocenters. The molecule has 6 nitrogen and oxygen atoms in total. The van der Waals surface area contributed by atoms with E-state index in [0.29, 0.717) is 16.3 Å². The van der Waals surface area contributed by atoms with Crippen molar-refractivity contribution < 1.29 is 14.5 Å². The molecule has 0 aliphatic carbocycles. The Hall–Kier alpha value is -2.28. The van der Waals surface area contributed by atoms with Crippen molar-refractivity contribution >= 4 is 27.9 Å². The van der Waals surface area contributed by atoms with Crippen molar-refractivity contribution in [3.8, 4) is 11.6 Å². The summed E-state index contributed by atoms with van der Waals surface area (Å²) in [6, 6.07) is 7.22. The second-order valence-corrected chi connectivity index (χ2v) is 4.38. The average Bonchev–Trinajstić information content (AvgIpc) is 2.42. The van der Waals surface area contributed by atoms with Crippen molar-refractivity contribution in [3.63, 3.8) is 0 Å². The fourth-order valence-electron chi connectivity index (χ4n) is 1.32. The van der Waals surface area contributed by atoms with Crippen LogP contribution >= 0.6 is 15.9 Å². The number of hydrogen-bond acceptors (Lipinski definition) is 5. The van der Waals surface area contributed by atoms with Crippen LogP contribution in [-0.4, -0.2) is 16.2 Å². The number of nitro benzene ring substituents is 1. The first-order valence-electron chi connectivity index (χ1n) is 5.13. The van der Waals surface area contributed by atoms with E-state index in [2.05, 4.69) is 20.9 Å². The van der Waals surface area contributed by atoms with Crippen molar-refractivity contribution in [2.45, 2.75) is 0 Å². The molecule has 0 fully saturated rings. The molecular formula is C12H7BrN2O4. The van der Waals surface area contributed by atoms with E-state index in [1.807, 2.05) is 0 Å². The van der Waals surface area contributed by atoms with Gasteiger partial charge in [0, 0.05) is 23.9 Å². The minimum absolute atomic E-state index is 0.0808. The Labute approximate surface area is 116 Å². The molecule has 0 saturated carbocycles. The molecule has 19 heavy (non-hydrogen) atoms. The fourth-order valence-corrected chi connectivity index (χ4v) is 1.65. The summed E-state index contributed by atoms with van der Waals surface area (Å²) in [5, 5.41) is 10.7.